The molecule has 0 spiro atoms. The van der Waals surface area contributed by atoms with Crippen LogP contribution in [0, 0.1) is 0 Å². The van der Waals surface area contributed by atoms with Crippen LogP contribution in [0.25, 0.3) is 0 Å². The molecule has 0 radical (unpaired) electrons. The Morgan fingerprint density at radius 2 is 1.80 bits per heavy atom. The number of fused-ring (bicyclic) bond motifs is 1. The smallest absolute Gasteiger partial charge is 0.0438 e. The van der Waals surface area contributed by atoms with Gasteiger partial charge in [0, 0.05) is 11.9 Å². The number of hydrogen-bond acceptors (Lipinski definition) is 1. The van der Waals surface area contributed by atoms with E-state index in [1.54, 1.807) is 5.56 Å². The van der Waals surface area contributed by atoms with E-state index < -0.39 is 0 Å². The summed E-state index contributed by atoms with van der Waals surface area (Å²) in [6.07, 6.45) is 7.08. The zero-order valence-electron chi connectivity index (χ0n) is 10.5. The molecule has 1 heteroatoms. The van der Waals surface area contributed by atoms with Crippen molar-refractivity contribution in [1.82, 2.24) is 4.98 Å². The lowest BCUT2D eigenvalue weighted by Gasteiger charge is -2.19. The fraction of sp³-hybridized carbons (Fsp3) is 0.643. The molecule has 0 atom stereocenters. The third-order valence-electron chi connectivity index (χ3n) is 2.89. The van der Waals surface area contributed by atoms with Gasteiger partial charge in [-0.05, 0) is 48.8 Å². The summed E-state index contributed by atoms with van der Waals surface area (Å²) in [7, 11) is 0. The van der Waals surface area contributed by atoms with Crippen molar-refractivity contribution in [2.24, 2.45) is 0 Å². The quantitative estimate of drug-likeness (QED) is 0.672. The van der Waals surface area contributed by atoms with Gasteiger partial charge in [-0.3, -0.25) is 4.98 Å². The minimum Gasteiger partial charge on any atom is -0.261 e. The van der Waals surface area contributed by atoms with Gasteiger partial charge in [0.1, 0.15) is 0 Å². The third-order valence-corrected chi connectivity index (χ3v) is 2.89. The highest BCUT2D eigenvalue weighted by atomic mass is 14.7. The summed E-state index contributed by atoms with van der Waals surface area (Å²) < 4.78 is 0. The van der Waals surface area contributed by atoms with Gasteiger partial charge >= 0.3 is 0 Å². The van der Waals surface area contributed by atoms with Crippen LogP contribution in [0.15, 0.2) is 12.3 Å². The standard InChI is InChI=1S/C12H17N.C2H6/c1-9(2)10-7-8-13-12-6-4-3-5-11(10)12;1-2/h7-9H,3-6H2,1-2H3;1-2H3. The molecule has 0 N–H and O–H groups in total. The van der Waals surface area contributed by atoms with Crippen molar-refractivity contribution in [3.05, 3.63) is 29.1 Å². The molecule has 1 aromatic rings. The molecule has 0 aromatic carbocycles. The van der Waals surface area contributed by atoms with Crippen molar-refractivity contribution in [2.75, 3.05) is 0 Å². The van der Waals surface area contributed by atoms with E-state index in [-0.39, 0.29) is 0 Å². The first kappa shape index (κ1) is 12.2. The van der Waals surface area contributed by atoms with Crippen molar-refractivity contribution in [2.45, 2.75) is 59.3 Å². The van der Waals surface area contributed by atoms with E-state index in [0.717, 1.165) is 0 Å². The Morgan fingerprint density at radius 3 is 2.47 bits per heavy atom. The van der Waals surface area contributed by atoms with Crippen LogP contribution in [0.1, 0.15) is 63.3 Å². The zero-order valence-corrected chi connectivity index (χ0v) is 10.5. The van der Waals surface area contributed by atoms with Crippen LogP contribution in [0.4, 0.5) is 0 Å². The summed E-state index contributed by atoms with van der Waals surface area (Å²) in [5.41, 5.74) is 4.42. The van der Waals surface area contributed by atoms with Crippen LogP contribution in [-0.4, -0.2) is 4.98 Å². The normalized spacial score (nSPS) is 14.2. The topological polar surface area (TPSA) is 12.9 Å². The van der Waals surface area contributed by atoms with E-state index in [9.17, 15) is 0 Å². The number of rotatable bonds is 1. The van der Waals surface area contributed by atoms with Crippen LogP contribution in [0.3, 0.4) is 0 Å². The van der Waals surface area contributed by atoms with Gasteiger partial charge in [-0.2, -0.15) is 0 Å². The fourth-order valence-electron chi connectivity index (χ4n) is 2.19. The maximum Gasteiger partial charge on any atom is 0.0438 e. The van der Waals surface area contributed by atoms with Crippen LogP contribution in [0.5, 0.6) is 0 Å². The van der Waals surface area contributed by atoms with E-state index in [4.69, 9.17) is 0 Å². The van der Waals surface area contributed by atoms with Gasteiger partial charge in [0.2, 0.25) is 0 Å². The maximum absolute atomic E-state index is 4.46. The molecule has 1 aliphatic rings. The Labute approximate surface area is 93.9 Å². The number of nitrogens with zero attached hydrogens (tertiary/aromatic N) is 1. The van der Waals surface area contributed by atoms with Gasteiger partial charge < -0.3 is 0 Å². The zero-order chi connectivity index (χ0) is 11.3. The minimum absolute atomic E-state index is 0.648. The lowest BCUT2D eigenvalue weighted by Crippen LogP contribution is -2.09. The Kier molecular flexibility index (Phi) is 4.80. The average molecular weight is 205 g/mol. The van der Waals surface area contributed by atoms with Gasteiger partial charge in [0.25, 0.3) is 0 Å². The molecule has 1 nitrogen and oxygen atoms in total. The Hall–Kier alpha value is -0.850. The van der Waals surface area contributed by atoms with Crippen LogP contribution in [-0.2, 0) is 12.8 Å². The second-order valence-corrected chi connectivity index (χ2v) is 4.19. The average Bonchev–Trinajstić information content (AvgIpc) is 2.31. The molecule has 0 aliphatic heterocycles. The van der Waals surface area contributed by atoms with E-state index in [1.165, 1.54) is 36.9 Å². The van der Waals surface area contributed by atoms with Crippen LogP contribution >= 0.6 is 0 Å². The number of hydrogen-bond donors (Lipinski definition) is 0. The second kappa shape index (κ2) is 5.89. The van der Waals surface area contributed by atoms with Gasteiger partial charge in [0.05, 0.1) is 0 Å². The van der Waals surface area contributed by atoms with Crippen molar-refractivity contribution >= 4 is 0 Å². The molecule has 1 aliphatic carbocycles. The third kappa shape index (κ3) is 2.80. The summed E-state index contributed by atoms with van der Waals surface area (Å²) in [6, 6.07) is 2.19. The van der Waals surface area contributed by atoms with E-state index in [1.807, 2.05) is 20.0 Å². The Bertz CT molecular complexity index is 302. The molecule has 1 aromatic heterocycles. The molecule has 1 heterocycles. The van der Waals surface area contributed by atoms with Crippen LogP contribution < -0.4 is 0 Å². The van der Waals surface area contributed by atoms with Crippen molar-refractivity contribution < 1.29 is 0 Å². The number of pyridine rings is 1. The lowest BCUT2D eigenvalue weighted by atomic mass is 9.88. The maximum atomic E-state index is 4.46. The minimum atomic E-state index is 0.648. The number of aromatic nitrogens is 1. The SMILES string of the molecule is CC.CC(C)c1ccnc2c1CCCC2. The molecule has 0 amide bonds. The lowest BCUT2D eigenvalue weighted by molar-refractivity contribution is 0.653. The highest BCUT2D eigenvalue weighted by molar-refractivity contribution is 5.33. The summed E-state index contributed by atoms with van der Waals surface area (Å²) >= 11 is 0. The first-order valence-electron chi connectivity index (χ1n) is 6.25. The van der Waals surface area contributed by atoms with Crippen molar-refractivity contribution in [1.29, 1.82) is 0 Å². The van der Waals surface area contributed by atoms with E-state index in [0.29, 0.717) is 5.92 Å². The molecule has 84 valence electrons. The molecule has 0 unspecified atom stereocenters. The fourth-order valence-corrected chi connectivity index (χ4v) is 2.19. The predicted octanol–water partition coefficient (Wildman–Crippen LogP) is 4.11. The molecule has 0 bridgehead atoms. The largest absolute Gasteiger partial charge is 0.261 e. The Balaban J connectivity index is 0.000000531. The summed E-state index contributed by atoms with van der Waals surface area (Å²) in [4.78, 5) is 4.46. The molecular weight excluding hydrogens is 182 g/mol. The highest BCUT2D eigenvalue weighted by Crippen LogP contribution is 2.27. The van der Waals surface area contributed by atoms with Crippen molar-refractivity contribution in [3.63, 3.8) is 0 Å². The van der Waals surface area contributed by atoms with Gasteiger partial charge in [-0.25, -0.2) is 0 Å². The Morgan fingerprint density at radius 1 is 1.13 bits per heavy atom. The second-order valence-electron chi connectivity index (χ2n) is 4.19. The molecular formula is C14H23N. The first-order valence-corrected chi connectivity index (χ1v) is 6.25. The molecule has 0 saturated heterocycles. The molecule has 15 heavy (non-hydrogen) atoms. The molecule has 0 fully saturated rings. The number of aryl methyl sites for hydroxylation is 1. The molecule has 2 rings (SSSR count). The first-order chi connectivity index (χ1) is 7.29. The summed E-state index contributed by atoms with van der Waals surface area (Å²) in [5.74, 6) is 0.648. The van der Waals surface area contributed by atoms with Gasteiger partial charge in [-0.15, -0.1) is 0 Å². The highest BCUT2D eigenvalue weighted by Gasteiger charge is 2.15. The summed E-state index contributed by atoms with van der Waals surface area (Å²) in [5, 5.41) is 0. The van der Waals surface area contributed by atoms with Gasteiger partial charge in [0.15, 0.2) is 0 Å². The molecule has 0 saturated carbocycles. The van der Waals surface area contributed by atoms with Crippen LogP contribution in [0.2, 0.25) is 0 Å². The van der Waals surface area contributed by atoms with Crippen molar-refractivity contribution in [3.8, 4) is 0 Å². The van der Waals surface area contributed by atoms with E-state index in [2.05, 4.69) is 24.9 Å². The predicted molar refractivity (Wildman–Crippen MR) is 66.3 cm³/mol. The van der Waals surface area contributed by atoms with Gasteiger partial charge in [-0.1, -0.05) is 27.7 Å². The monoisotopic (exact) mass is 205 g/mol. The summed E-state index contributed by atoms with van der Waals surface area (Å²) in [6.45, 7) is 8.54. The van der Waals surface area contributed by atoms with E-state index >= 15 is 0 Å².